The molecule has 0 radical (unpaired) electrons. The Morgan fingerprint density at radius 3 is 2.75 bits per heavy atom. The van der Waals surface area contributed by atoms with Crippen molar-refractivity contribution in [3.63, 3.8) is 0 Å². The van der Waals surface area contributed by atoms with Crippen molar-refractivity contribution in [2.24, 2.45) is 7.05 Å². The number of nitrogens with zero attached hydrogens (tertiary/aromatic N) is 2. The number of aryl methyl sites for hydroxylation is 1. The first-order valence-corrected chi connectivity index (χ1v) is 7.18. The molecule has 0 spiro atoms. The SMILES string of the molecule is Cc1cccc(Cn2c(=O)n(C)c(=O)c3sccc32)c1. The smallest absolute Gasteiger partial charge is 0.288 e. The second-order valence-electron chi connectivity index (χ2n) is 4.86. The van der Waals surface area contributed by atoms with Gasteiger partial charge in [-0.2, -0.15) is 0 Å². The molecule has 3 aromatic rings. The van der Waals surface area contributed by atoms with Crippen LogP contribution in [0.5, 0.6) is 0 Å². The molecule has 0 fully saturated rings. The number of fused-ring (bicyclic) bond motifs is 1. The fourth-order valence-electron chi connectivity index (χ4n) is 2.34. The second kappa shape index (κ2) is 4.76. The molecular weight excluding hydrogens is 272 g/mol. The van der Waals surface area contributed by atoms with Gasteiger partial charge in [-0.05, 0) is 23.9 Å². The molecule has 3 rings (SSSR count). The van der Waals surface area contributed by atoms with E-state index in [-0.39, 0.29) is 11.2 Å². The molecule has 4 nitrogen and oxygen atoms in total. The maximum absolute atomic E-state index is 12.3. The maximum atomic E-state index is 12.3. The van der Waals surface area contributed by atoms with Crippen LogP contribution in [0, 0.1) is 6.92 Å². The molecule has 20 heavy (non-hydrogen) atoms. The van der Waals surface area contributed by atoms with Crippen molar-refractivity contribution < 1.29 is 0 Å². The lowest BCUT2D eigenvalue weighted by molar-refractivity contribution is 0.675. The van der Waals surface area contributed by atoms with Crippen molar-refractivity contribution in [3.8, 4) is 0 Å². The number of rotatable bonds is 2. The van der Waals surface area contributed by atoms with E-state index in [2.05, 4.69) is 6.07 Å². The average Bonchev–Trinajstić information content (AvgIpc) is 2.90. The summed E-state index contributed by atoms with van der Waals surface area (Å²) in [6, 6.07) is 9.87. The van der Waals surface area contributed by atoms with Gasteiger partial charge in [0.1, 0.15) is 4.70 Å². The van der Waals surface area contributed by atoms with E-state index in [1.54, 1.807) is 4.57 Å². The summed E-state index contributed by atoms with van der Waals surface area (Å²) in [4.78, 5) is 24.4. The minimum absolute atomic E-state index is 0.222. The Labute approximate surface area is 119 Å². The Bertz CT molecular complexity index is 902. The summed E-state index contributed by atoms with van der Waals surface area (Å²) in [5, 5.41) is 1.85. The van der Waals surface area contributed by atoms with Gasteiger partial charge in [0.15, 0.2) is 0 Å². The maximum Gasteiger partial charge on any atom is 0.331 e. The van der Waals surface area contributed by atoms with Gasteiger partial charge in [-0.1, -0.05) is 29.8 Å². The first-order chi connectivity index (χ1) is 9.58. The summed E-state index contributed by atoms with van der Waals surface area (Å²) < 4.78 is 3.45. The zero-order chi connectivity index (χ0) is 14.3. The zero-order valence-corrected chi connectivity index (χ0v) is 12.1. The lowest BCUT2D eigenvalue weighted by Gasteiger charge is -2.10. The predicted molar refractivity (Wildman–Crippen MR) is 81.6 cm³/mol. The van der Waals surface area contributed by atoms with E-state index in [0.29, 0.717) is 16.8 Å². The van der Waals surface area contributed by atoms with Gasteiger partial charge >= 0.3 is 5.69 Å². The highest BCUT2D eigenvalue weighted by Gasteiger charge is 2.12. The van der Waals surface area contributed by atoms with Crippen LogP contribution in [0.2, 0.25) is 0 Å². The third kappa shape index (κ3) is 2.00. The molecule has 1 aromatic carbocycles. The average molecular weight is 286 g/mol. The van der Waals surface area contributed by atoms with Gasteiger partial charge in [-0.25, -0.2) is 4.79 Å². The largest absolute Gasteiger partial charge is 0.331 e. The number of benzene rings is 1. The molecule has 0 unspecified atom stereocenters. The van der Waals surface area contributed by atoms with Crippen LogP contribution >= 0.6 is 11.3 Å². The van der Waals surface area contributed by atoms with Crippen LogP contribution in [-0.4, -0.2) is 9.13 Å². The van der Waals surface area contributed by atoms with Gasteiger partial charge in [0.25, 0.3) is 5.56 Å². The molecule has 0 N–H and O–H groups in total. The van der Waals surface area contributed by atoms with E-state index < -0.39 is 0 Å². The predicted octanol–water partition coefficient (Wildman–Crippen LogP) is 2.12. The third-order valence-electron chi connectivity index (χ3n) is 3.38. The first kappa shape index (κ1) is 12.9. The molecule has 0 amide bonds. The Hall–Kier alpha value is -2.14. The molecule has 0 aliphatic heterocycles. The number of aromatic nitrogens is 2. The molecule has 0 atom stereocenters. The van der Waals surface area contributed by atoms with Crippen LogP contribution in [-0.2, 0) is 13.6 Å². The molecule has 0 saturated heterocycles. The van der Waals surface area contributed by atoms with Gasteiger partial charge in [0.2, 0.25) is 0 Å². The van der Waals surface area contributed by atoms with E-state index in [1.165, 1.54) is 23.0 Å². The molecule has 5 heteroatoms. The van der Waals surface area contributed by atoms with Crippen molar-refractivity contribution in [1.82, 2.24) is 9.13 Å². The standard InChI is InChI=1S/C15H14N2O2S/c1-10-4-3-5-11(8-10)9-17-12-6-7-20-13(12)14(18)16(2)15(17)19/h3-8H,9H2,1-2H3. The second-order valence-corrected chi connectivity index (χ2v) is 5.77. The Morgan fingerprint density at radius 1 is 1.20 bits per heavy atom. The van der Waals surface area contributed by atoms with Crippen LogP contribution < -0.4 is 11.2 Å². The molecule has 0 aliphatic rings. The van der Waals surface area contributed by atoms with Gasteiger partial charge in [-0.3, -0.25) is 13.9 Å². The zero-order valence-electron chi connectivity index (χ0n) is 11.3. The van der Waals surface area contributed by atoms with Crippen LogP contribution in [0.3, 0.4) is 0 Å². The third-order valence-corrected chi connectivity index (χ3v) is 4.27. The lowest BCUT2D eigenvalue weighted by atomic mass is 10.1. The lowest BCUT2D eigenvalue weighted by Crippen LogP contribution is -2.37. The fraction of sp³-hybridized carbons (Fsp3) is 0.200. The minimum Gasteiger partial charge on any atom is -0.288 e. The summed E-state index contributed by atoms with van der Waals surface area (Å²) in [7, 11) is 1.52. The molecular formula is C15H14N2O2S. The van der Waals surface area contributed by atoms with E-state index >= 15 is 0 Å². The fourth-order valence-corrected chi connectivity index (χ4v) is 3.21. The van der Waals surface area contributed by atoms with E-state index in [4.69, 9.17) is 0 Å². The normalized spacial score (nSPS) is 11.1. The van der Waals surface area contributed by atoms with Crippen molar-refractivity contribution in [2.45, 2.75) is 13.5 Å². The summed E-state index contributed by atoms with van der Waals surface area (Å²) >= 11 is 1.37. The summed E-state index contributed by atoms with van der Waals surface area (Å²) in [5.74, 6) is 0. The monoisotopic (exact) mass is 286 g/mol. The van der Waals surface area contributed by atoms with E-state index in [1.807, 2.05) is 36.6 Å². The van der Waals surface area contributed by atoms with Crippen LogP contribution in [0.25, 0.3) is 10.2 Å². The first-order valence-electron chi connectivity index (χ1n) is 6.30. The number of hydrogen-bond donors (Lipinski definition) is 0. The molecule has 0 bridgehead atoms. The Morgan fingerprint density at radius 2 is 2.00 bits per heavy atom. The summed E-state index contributed by atoms with van der Waals surface area (Å²) in [6.07, 6.45) is 0. The van der Waals surface area contributed by atoms with Gasteiger partial charge < -0.3 is 0 Å². The molecule has 0 saturated carbocycles. The molecule has 102 valence electrons. The summed E-state index contributed by atoms with van der Waals surface area (Å²) in [6.45, 7) is 2.50. The molecule has 2 aromatic heterocycles. The Balaban J connectivity index is 2.24. The van der Waals surface area contributed by atoms with Gasteiger partial charge in [-0.15, -0.1) is 11.3 Å². The van der Waals surface area contributed by atoms with Crippen LogP contribution in [0.15, 0.2) is 45.3 Å². The topological polar surface area (TPSA) is 44.0 Å². The highest BCUT2D eigenvalue weighted by molar-refractivity contribution is 7.17. The summed E-state index contributed by atoms with van der Waals surface area (Å²) in [5.41, 5.74) is 2.42. The minimum atomic E-state index is -0.276. The Kier molecular flexibility index (Phi) is 3.06. The van der Waals surface area contributed by atoms with Crippen molar-refractivity contribution in [2.75, 3.05) is 0 Å². The van der Waals surface area contributed by atoms with E-state index in [9.17, 15) is 9.59 Å². The van der Waals surface area contributed by atoms with Crippen molar-refractivity contribution in [1.29, 1.82) is 0 Å². The highest BCUT2D eigenvalue weighted by Crippen LogP contribution is 2.16. The highest BCUT2D eigenvalue weighted by atomic mass is 32.1. The molecule has 0 aliphatic carbocycles. The van der Waals surface area contributed by atoms with Crippen LogP contribution in [0.4, 0.5) is 0 Å². The quantitative estimate of drug-likeness (QED) is 0.724. The molecule has 2 heterocycles. The van der Waals surface area contributed by atoms with Crippen molar-refractivity contribution >= 4 is 21.6 Å². The number of thiophene rings is 1. The van der Waals surface area contributed by atoms with Crippen molar-refractivity contribution in [3.05, 3.63) is 67.7 Å². The van der Waals surface area contributed by atoms with Gasteiger partial charge in [0, 0.05) is 7.05 Å². The number of hydrogen-bond acceptors (Lipinski definition) is 3. The van der Waals surface area contributed by atoms with Crippen LogP contribution in [0.1, 0.15) is 11.1 Å². The van der Waals surface area contributed by atoms with Gasteiger partial charge in [0.05, 0.1) is 12.1 Å². The van der Waals surface area contributed by atoms with E-state index in [0.717, 1.165) is 11.1 Å².